The molecule has 0 saturated carbocycles. The molecule has 0 bridgehead atoms. The standard InChI is InChI=1S/C16H15N3OS/c1-2-11-3-7-13(8-4-11)19-15(17-18-16(19)21)12-5-9-14(20)10-6-12/h3-10,20H,2H2,1H3,(H,18,21). The lowest BCUT2D eigenvalue weighted by atomic mass is 10.1. The topological polar surface area (TPSA) is 53.8 Å². The number of aromatic amines is 1. The molecule has 0 spiro atoms. The predicted octanol–water partition coefficient (Wildman–Crippen LogP) is 3.86. The van der Waals surface area contributed by atoms with Crippen molar-refractivity contribution in [1.82, 2.24) is 14.8 Å². The Hall–Kier alpha value is -2.40. The zero-order valence-corrected chi connectivity index (χ0v) is 12.4. The van der Waals surface area contributed by atoms with Crippen LogP contribution in [0.3, 0.4) is 0 Å². The Bertz CT molecular complexity index is 801. The molecular weight excluding hydrogens is 282 g/mol. The summed E-state index contributed by atoms with van der Waals surface area (Å²) in [5, 5.41) is 16.5. The molecule has 3 aromatic rings. The number of nitrogens with zero attached hydrogens (tertiary/aromatic N) is 2. The van der Waals surface area contributed by atoms with E-state index in [1.165, 1.54) is 5.56 Å². The van der Waals surface area contributed by atoms with E-state index in [4.69, 9.17) is 12.2 Å². The van der Waals surface area contributed by atoms with Crippen LogP contribution in [0.25, 0.3) is 17.1 Å². The molecule has 2 aromatic carbocycles. The van der Waals surface area contributed by atoms with Crippen molar-refractivity contribution in [2.75, 3.05) is 0 Å². The van der Waals surface area contributed by atoms with Gasteiger partial charge < -0.3 is 5.11 Å². The van der Waals surface area contributed by atoms with Gasteiger partial charge in [0, 0.05) is 11.3 Å². The van der Waals surface area contributed by atoms with Gasteiger partial charge in [-0.2, -0.15) is 5.10 Å². The highest BCUT2D eigenvalue weighted by molar-refractivity contribution is 7.71. The Balaban J connectivity index is 2.12. The molecule has 4 nitrogen and oxygen atoms in total. The average molecular weight is 297 g/mol. The molecule has 0 aliphatic heterocycles. The molecule has 1 heterocycles. The molecule has 0 fully saturated rings. The number of phenolic OH excluding ortho intramolecular Hbond substituents is 1. The minimum absolute atomic E-state index is 0.228. The van der Waals surface area contributed by atoms with Gasteiger partial charge in [0.05, 0.1) is 0 Å². The van der Waals surface area contributed by atoms with Crippen LogP contribution in [0, 0.1) is 4.77 Å². The van der Waals surface area contributed by atoms with Gasteiger partial charge in [-0.25, -0.2) is 0 Å². The highest BCUT2D eigenvalue weighted by Gasteiger charge is 2.10. The van der Waals surface area contributed by atoms with Crippen molar-refractivity contribution in [2.24, 2.45) is 0 Å². The van der Waals surface area contributed by atoms with Crippen molar-refractivity contribution in [3.8, 4) is 22.8 Å². The Morgan fingerprint density at radius 3 is 2.38 bits per heavy atom. The molecule has 5 heteroatoms. The maximum absolute atomic E-state index is 9.40. The summed E-state index contributed by atoms with van der Waals surface area (Å²) in [5.41, 5.74) is 3.13. The number of hydrogen-bond acceptors (Lipinski definition) is 3. The minimum Gasteiger partial charge on any atom is -0.508 e. The first-order valence-corrected chi connectivity index (χ1v) is 7.16. The van der Waals surface area contributed by atoms with Gasteiger partial charge in [0.15, 0.2) is 10.6 Å². The first-order valence-electron chi connectivity index (χ1n) is 6.75. The number of aromatic hydroxyl groups is 1. The van der Waals surface area contributed by atoms with E-state index in [1.54, 1.807) is 12.1 Å². The third-order valence-corrected chi connectivity index (χ3v) is 3.67. The van der Waals surface area contributed by atoms with Crippen LogP contribution >= 0.6 is 12.2 Å². The molecular formula is C16H15N3OS. The summed E-state index contributed by atoms with van der Waals surface area (Å²) in [6.45, 7) is 2.13. The Labute approximate surface area is 127 Å². The van der Waals surface area contributed by atoms with Crippen LogP contribution in [0.4, 0.5) is 0 Å². The fourth-order valence-electron chi connectivity index (χ4n) is 2.22. The Morgan fingerprint density at radius 1 is 1.10 bits per heavy atom. The summed E-state index contributed by atoms with van der Waals surface area (Å²) >= 11 is 5.34. The van der Waals surface area contributed by atoms with Crippen LogP contribution in [-0.4, -0.2) is 19.9 Å². The number of rotatable bonds is 3. The van der Waals surface area contributed by atoms with Gasteiger partial charge in [-0.05, 0) is 60.6 Å². The summed E-state index contributed by atoms with van der Waals surface area (Å²) in [4.78, 5) is 0. The van der Waals surface area contributed by atoms with Crippen LogP contribution in [0.1, 0.15) is 12.5 Å². The lowest BCUT2D eigenvalue weighted by molar-refractivity contribution is 0.475. The van der Waals surface area contributed by atoms with Crippen molar-refractivity contribution in [2.45, 2.75) is 13.3 Å². The maximum Gasteiger partial charge on any atom is 0.200 e. The molecule has 0 unspecified atom stereocenters. The minimum atomic E-state index is 0.228. The number of aryl methyl sites for hydroxylation is 1. The third-order valence-electron chi connectivity index (χ3n) is 3.40. The second-order valence-corrected chi connectivity index (χ2v) is 5.14. The van der Waals surface area contributed by atoms with Gasteiger partial charge in [-0.3, -0.25) is 9.67 Å². The zero-order chi connectivity index (χ0) is 14.8. The van der Waals surface area contributed by atoms with E-state index in [0.717, 1.165) is 23.5 Å². The number of benzene rings is 2. The van der Waals surface area contributed by atoms with Crippen molar-refractivity contribution in [3.63, 3.8) is 0 Å². The van der Waals surface area contributed by atoms with Crippen molar-refractivity contribution >= 4 is 12.2 Å². The number of nitrogens with one attached hydrogen (secondary N) is 1. The highest BCUT2D eigenvalue weighted by Crippen LogP contribution is 2.23. The molecule has 0 radical (unpaired) electrons. The fourth-order valence-corrected chi connectivity index (χ4v) is 2.46. The third kappa shape index (κ3) is 2.60. The first-order chi connectivity index (χ1) is 10.2. The molecule has 0 saturated heterocycles. The normalized spacial score (nSPS) is 10.7. The van der Waals surface area contributed by atoms with Crippen LogP contribution in [0.2, 0.25) is 0 Å². The molecule has 0 atom stereocenters. The van der Waals surface area contributed by atoms with Crippen LogP contribution < -0.4 is 0 Å². The summed E-state index contributed by atoms with van der Waals surface area (Å²) in [6.07, 6.45) is 1.00. The largest absolute Gasteiger partial charge is 0.508 e. The fraction of sp³-hybridized carbons (Fsp3) is 0.125. The number of aromatic nitrogens is 3. The SMILES string of the molecule is CCc1ccc(-n2c(-c3ccc(O)cc3)n[nH]c2=S)cc1. The van der Waals surface area contributed by atoms with Crippen LogP contribution in [0.15, 0.2) is 48.5 Å². The van der Waals surface area contributed by atoms with Crippen molar-refractivity contribution in [3.05, 3.63) is 58.9 Å². The smallest absolute Gasteiger partial charge is 0.200 e. The summed E-state index contributed by atoms with van der Waals surface area (Å²) in [5.74, 6) is 0.955. The molecule has 1 aromatic heterocycles. The molecule has 3 rings (SSSR count). The molecule has 106 valence electrons. The lowest BCUT2D eigenvalue weighted by Crippen LogP contribution is -1.98. The molecule has 0 aliphatic carbocycles. The van der Waals surface area contributed by atoms with E-state index in [1.807, 2.05) is 28.8 Å². The number of H-pyrrole nitrogens is 1. The number of hydrogen-bond donors (Lipinski definition) is 2. The van der Waals surface area contributed by atoms with Gasteiger partial charge in [-0.15, -0.1) is 0 Å². The van der Waals surface area contributed by atoms with Gasteiger partial charge >= 0.3 is 0 Å². The summed E-state index contributed by atoms with van der Waals surface area (Å²) in [6, 6.07) is 15.2. The monoisotopic (exact) mass is 297 g/mol. The molecule has 2 N–H and O–H groups in total. The van der Waals surface area contributed by atoms with Gasteiger partial charge in [-0.1, -0.05) is 19.1 Å². The van der Waals surface area contributed by atoms with Gasteiger partial charge in [0.1, 0.15) is 5.75 Å². The van der Waals surface area contributed by atoms with Crippen LogP contribution in [-0.2, 0) is 6.42 Å². The maximum atomic E-state index is 9.40. The van der Waals surface area contributed by atoms with Gasteiger partial charge in [0.25, 0.3) is 0 Å². The molecule has 0 amide bonds. The molecule has 0 aliphatic rings. The van der Waals surface area contributed by atoms with E-state index in [2.05, 4.69) is 29.3 Å². The quantitative estimate of drug-likeness (QED) is 0.722. The first kappa shape index (κ1) is 13.6. The van der Waals surface area contributed by atoms with Crippen molar-refractivity contribution in [1.29, 1.82) is 0 Å². The van der Waals surface area contributed by atoms with E-state index < -0.39 is 0 Å². The Morgan fingerprint density at radius 2 is 1.76 bits per heavy atom. The van der Waals surface area contributed by atoms with Gasteiger partial charge in [0.2, 0.25) is 0 Å². The molecule has 21 heavy (non-hydrogen) atoms. The van der Waals surface area contributed by atoms with Crippen molar-refractivity contribution < 1.29 is 5.11 Å². The van der Waals surface area contributed by atoms with E-state index >= 15 is 0 Å². The average Bonchev–Trinajstić information content (AvgIpc) is 2.90. The van der Waals surface area contributed by atoms with E-state index in [-0.39, 0.29) is 5.75 Å². The van der Waals surface area contributed by atoms with Crippen LogP contribution in [0.5, 0.6) is 5.75 Å². The predicted molar refractivity (Wildman–Crippen MR) is 85.2 cm³/mol. The second kappa shape index (κ2) is 5.54. The summed E-state index contributed by atoms with van der Waals surface area (Å²) in [7, 11) is 0. The van der Waals surface area contributed by atoms with E-state index in [0.29, 0.717) is 4.77 Å². The summed E-state index contributed by atoms with van der Waals surface area (Å²) < 4.78 is 2.43. The zero-order valence-electron chi connectivity index (χ0n) is 11.6. The second-order valence-electron chi connectivity index (χ2n) is 4.75. The Kier molecular flexibility index (Phi) is 3.58. The number of phenols is 1. The van der Waals surface area contributed by atoms with E-state index in [9.17, 15) is 5.11 Å². The lowest BCUT2D eigenvalue weighted by Gasteiger charge is -2.08. The highest BCUT2D eigenvalue weighted by atomic mass is 32.1.